The summed E-state index contributed by atoms with van der Waals surface area (Å²) in [5.74, 6) is 0.404. The molecule has 8 rings (SSSR count). The number of allylic oxidation sites excluding steroid dienone is 6. The van der Waals surface area contributed by atoms with Gasteiger partial charge in [-0.15, -0.1) is 0 Å². The second kappa shape index (κ2) is 8.35. The van der Waals surface area contributed by atoms with E-state index in [1.165, 1.54) is 74.6 Å². The molecule has 0 amide bonds. The van der Waals surface area contributed by atoms with Crippen LogP contribution in [-0.2, 0) is 12.8 Å². The summed E-state index contributed by atoms with van der Waals surface area (Å²) >= 11 is 0. The van der Waals surface area contributed by atoms with Crippen LogP contribution in [0.5, 0.6) is 0 Å². The zero-order valence-corrected chi connectivity index (χ0v) is 21.2. The molecule has 0 fully saturated rings. The summed E-state index contributed by atoms with van der Waals surface area (Å²) in [6.07, 6.45) is 30.5. The lowest BCUT2D eigenvalue weighted by atomic mass is 9.79. The van der Waals surface area contributed by atoms with Gasteiger partial charge in [0.05, 0.1) is 6.04 Å². The molecule has 4 aromatic rings. The minimum atomic E-state index is 0.372. The van der Waals surface area contributed by atoms with Crippen molar-refractivity contribution in [1.29, 1.82) is 0 Å². The fraction of sp³-hybridized carbons (Fsp3) is 0.222. The molecule has 0 saturated carbocycles. The maximum Gasteiger partial charge on any atom is 0.0560 e. The van der Waals surface area contributed by atoms with Gasteiger partial charge in [-0.05, 0) is 95.0 Å². The van der Waals surface area contributed by atoms with Crippen molar-refractivity contribution in [3.63, 3.8) is 0 Å². The number of fused-ring (bicyclic) bond motifs is 9. The van der Waals surface area contributed by atoms with Gasteiger partial charge in [0.25, 0.3) is 0 Å². The Labute approximate surface area is 218 Å². The molecule has 0 bridgehead atoms. The number of nitrogens with zero attached hydrogens (tertiary/aromatic N) is 1. The van der Waals surface area contributed by atoms with E-state index in [2.05, 4.69) is 108 Å². The minimum absolute atomic E-state index is 0.372. The lowest BCUT2D eigenvalue weighted by Crippen LogP contribution is -2.37. The summed E-state index contributed by atoms with van der Waals surface area (Å²) in [7, 11) is 0. The minimum Gasteiger partial charge on any atom is -0.333 e. The van der Waals surface area contributed by atoms with Gasteiger partial charge < -0.3 is 4.57 Å². The number of hydrogen-bond donors (Lipinski definition) is 0. The predicted octanol–water partition coefficient (Wildman–Crippen LogP) is 7.52. The monoisotopic (exact) mass is 477 g/mol. The second-order valence-corrected chi connectivity index (χ2v) is 11.0. The molecule has 0 N–H and O–H groups in total. The molecule has 1 heterocycles. The summed E-state index contributed by atoms with van der Waals surface area (Å²) in [4.78, 5) is 0. The molecule has 0 saturated heterocycles. The summed E-state index contributed by atoms with van der Waals surface area (Å²) < 4.78 is 2.54. The highest BCUT2D eigenvalue weighted by molar-refractivity contribution is 6.08. The number of aromatic nitrogens is 1. The fourth-order valence-corrected chi connectivity index (χ4v) is 7.26. The van der Waals surface area contributed by atoms with Gasteiger partial charge >= 0.3 is 0 Å². The molecule has 0 aliphatic heterocycles. The van der Waals surface area contributed by atoms with Crippen LogP contribution in [0.3, 0.4) is 0 Å². The van der Waals surface area contributed by atoms with Crippen molar-refractivity contribution in [2.24, 2.45) is 0 Å². The maximum atomic E-state index is 2.58. The van der Waals surface area contributed by atoms with Crippen LogP contribution in [-0.4, -0.2) is 4.57 Å². The molecule has 2 atom stereocenters. The van der Waals surface area contributed by atoms with E-state index in [4.69, 9.17) is 0 Å². The van der Waals surface area contributed by atoms with Crippen LogP contribution in [0.1, 0.15) is 65.5 Å². The Kier molecular flexibility index (Phi) is 4.80. The van der Waals surface area contributed by atoms with E-state index in [-0.39, 0.29) is 0 Å². The van der Waals surface area contributed by atoms with E-state index < -0.39 is 0 Å². The molecule has 0 radical (unpaired) electrons. The van der Waals surface area contributed by atoms with E-state index in [1.54, 1.807) is 11.1 Å². The zero-order valence-electron chi connectivity index (χ0n) is 21.2. The SMILES string of the molecule is C1=CCC(n2c3ccccc3c3cc(C4C=c5c6c(c7c(c5=CC4)C=CCC7)CCC=C6)ccc32)C=C1. The lowest BCUT2D eigenvalue weighted by Gasteiger charge is -2.25. The fourth-order valence-electron chi connectivity index (χ4n) is 7.26. The van der Waals surface area contributed by atoms with Crippen LogP contribution < -0.4 is 10.4 Å². The van der Waals surface area contributed by atoms with Crippen LogP contribution in [0, 0.1) is 0 Å². The summed E-state index contributed by atoms with van der Waals surface area (Å²) in [6.45, 7) is 0. The molecular weight excluding hydrogens is 446 g/mol. The lowest BCUT2D eigenvalue weighted by molar-refractivity contribution is 0.648. The Morgan fingerprint density at radius 3 is 2.30 bits per heavy atom. The standard InChI is InChI=1S/C36H31N/c1-2-10-26(11-3-1)37-35-17-9-8-16-32(35)34-23-25(19-21-36(34)37)24-18-20-31-29-14-5-4-12-27(29)28-13-6-7-15-30(28)33(31)22-24/h1-3,5,7-10,14-17,19-24,26H,4,6,11-13,18H2. The molecule has 4 aliphatic carbocycles. The summed E-state index contributed by atoms with van der Waals surface area (Å²) in [5, 5.41) is 5.68. The molecule has 1 aromatic heterocycles. The zero-order chi connectivity index (χ0) is 24.3. The van der Waals surface area contributed by atoms with Crippen LogP contribution in [0.15, 0.2) is 78.9 Å². The average Bonchev–Trinajstić information content (AvgIpc) is 3.31. The average molecular weight is 478 g/mol. The third kappa shape index (κ3) is 3.23. The van der Waals surface area contributed by atoms with Crippen molar-refractivity contribution in [1.82, 2.24) is 4.57 Å². The largest absolute Gasteiger partial charge is 0.333 e. The van der Waals surface area contributed by atoms with Gasteiger partial charge in [-0.1, -0.05) is 85.0 Å². The van der Waals surface area contributed by atoms with Crippen LogP contribution in [0.2, 0.25) is 0 Å². The van der Waals surface area contributed by atoms with Gasteiger partial charge in [0.1, 0.15) is 0 Å². The molecule has 37 heavy (non-hydrogen) atoms. The Morgan fingerprint density at radius 1 is 0.703 bits per heavy atom. The van der Waals surface area contributed by atoms with Crippen molar-refractivity contribution in [3.8, 4) is 0 Å². The maximum absolute atomic E-state index is 2.58. The molecule has 4 aliphatic rings. The quantitative estimate of drug-likeness (QED) is 0.281. The van der Waals surface area contributed by atoms with Crippen LogP contribution in [0.25, 0.3) is 46.1 Å². The first-order valence-electron chi connectivity index (χ1n) is 14.0. The van der Waals surface area contributed by atoms with E-state index in [9.17, 15) is 0 Å². The van der Waals surface area contributed by atoms with Crippen molar-refractivity contribution in [3.05, 3.63) is 117 Å². The first-order chi connectivity index (χ1) is 18.4. The molecule has 1 heteroatoms. The Hall–Kier alpha value is -3.84. The third-order valence-corrected chi connectivity index (χ3v) is 8.97. The number of benzene rings is 3. The van der Waals surface area contributed by atoms with Crippen molar-refractivity contribution in [2.75, 3.05) is 0 Å². The highest BCUT2D eigenvalue weighted by Crippen LogP contribution is 2.37. The van der Waals surface area contributed by atoms with Crippen molar-refractivity contribution < 1.29 is 0 Å². The van der Waals surface area contributed by atoms with Crippen molar-refractivity contribution >= 4 is 46.1 Å². The Morgan fingerprint density at radius 2 is 1.49 bits per heavy atom. The van der Waals surface area contributed by atoms with Gasteiger partial charge in [0.2, 0.25) is 0 Å². The van der Waals surface area contributed by atoms with Crippen LogP contribution in [0.4, 0.5) is 0 Å². The predicted molar refractivity (Wildman–Crippen MR) is 158 cm³/mol. The summed E-state index contributed by atoms with van der Waals surface area (Å²) in [6, 6.07) is 16.6. The van der Waals surface area contributed by atoms with Gasteiger partial charge in [-0.3, -0.25) is 0 Å². The molecule has 0 spiro atoms. The molecule has 3 aromatic carbocycles. The number of para-hydroxylation sites is 1. The highest BCUT2D eigenvalue weighted by Gasteiger charge is 2.22. The smallest absolute Gasteiger partial charge is 0.0560 e. The first kappa shape index (κ1) is 21.3. The second-order valence-electron chi connectivity index (χ2n) is 11.0. The van der Waals surface area contributed by atoms with Gasteiger partial charge in [-0.25, -0.2) is 0 Å². The van der Waals surface area contributed by atoms with Crippen LogP contribution >= 0.6 is 0 Å². The van der Waals surface area contributed by atoms with Crippen molar-refractivity contribution in [2.45, 2.75) is 50.5 Å². The van der Waals surface area contributed by atoms with E-state index in [0.29, 0.717) is 12.0 Å². The first-order valence-corrected chi connectivity index (χ1v) is 14.0. The Balaban J connectivity index is 1.31. The topological polar surface area (TPSA) is 4.93 Å². The van der Waals surface area contributed by atoms with E-state index in [1.807, 2.05) is 0 Å². The normalized spacial score (nSPS) is 21.4. The third-order valence-electron chi connectivity index (χ3n) is 8.97. The molecule has 2 unspecified atom stereocenters. The Bertz CT molecular complexity index is 1840. The summed E-state index contributed by atoms with van der Waals surface area (Å²) in [5.41, 5.74) is 10.3. The highest BCUT2D eigenvalue weighted by atomic mass is 15.0. The van der Waals surface area contributed by atoms with E-state index in [0.717, 1.165) is 12.8 Å². The van der Waals surface area contributed by atoms with Gasteiger partial charge in [0.15, 0.2) is 0 Å². The molecule has 180 valence electrons. The molecular formula is C36H31N. The number of hydrogen-bond acceptors (Lipinski definition) is 0. The number of rotatable bonds is 2. The van der Waals surface area contributed by atoms with Gasteiger partial charge in [-0.2, -0.15) is 0 Å². The van der Waals surface area contributed by atoms with Gasteiger partial charge in [0, 0.05) is 27.7 Å². The van der Waals surface area contributed by atoms with E-state index >= 15 is 0 Å². The molecule has 1 nitrogen and oxygen atoms in total.